The highest BCUT2D eigenvalue weighted by molar-refractivity contribution is 5.45. The molecule has 76 valence electrons. The summed E-state index contributed by atoms with van der Waals surface area (Å²) in [7, 11) is 0. The summed E-state index contributed by atoms with van der Waals surface area (Å²) in [6.45, 7) is 1.08. The van der Waals surface area contributed by atoms with Gasteiger partial charge in [0.05, 0.1) is 18.5 Å². The van der Waals surface area contributed by atoms with Crippen LogP contribution in [0.3, 0.4) is 0 Å². The molecule has 0 aliphatic heterocycles. The van der Waals surface area contributed by atoms with E-state index >= 15 is 0 Å². The summed E-state index contributed by atoms with van der Waals surface area (Å²) >= 11 is 0. The van der Waals surface area contributed by atoms with Crippen molar-refractivity contribution in [3.63, 3.8) is 0 Å². The van der Waals surface area contributed by atoms with Crippen molar-refractivity contribution in [2.75, 3.05) is 24.2 Å². The van der Waals surface area contributed by atoms with Crippen molar-refractivity contribution in [2.45, 2.75) is 12.8 Å². The third-order valence-electron chi connectivity index (χ3n) is 2.75. The first kappa shape index (κ1) is 9.27. The molecular weight excluding hydrogens is 178 g/mol. The molecule has 14 heavy (non-hydrogen) atoms. The summed E-state index contributed by atoms with van der Waals surface area (Å²) in [6.07, 6.45) is 3.93. The standard InChI is InChI=1S/C10H15N3O/c11-9-2-1-8(5-12-9)13-6-10(7-14)3-4-10/h1-2,5,13-14H,3-4,6-7H2,(H2,11,12). The zero-order valence-electron chi connectivity index (χ0n) is 8.03. The van der Waals surface area contributed by atoms with E-state index in [1.165, 1.54) is 0 Å². The minimum atomic E-state index is 0.126. The molecule has 4 N–H and O–H groups in total. The SMILES string of the molecule is Nc1ccc(NCC2(CO)CC2)cn1. The third-order valence-corrected chi connectivity index (χ3v) is 2.75. The normalized spacial score (nSPS) is 17.8. The number of aromatic nitrogens is 1. The molecule has 0 bridgehead atoms. The van der Waals surface area contributed by atoms with Crippen molar-refractivity contribution in [3.05, 3.63) is 18.3 Å². The molecule has 0 radical (unpaired) electrons. The third kappa shape index (κ3) is 1.96. The molecule has 1 fully saturated rings. The highest BCUT2D eigenvalue weighted by atomic mass is 16.3. The maximum absolute atomic E-state index is 9.10. The number of pyridine rings is 1. The van der Waals surface area contributed by atoms with Gasteiger partial charge in [0.15, 0.2) is 0 Å². The highest BCUT2D eigenvalue weighted by Gasteiger charge is 2.41. The Morgan fingerprint density at radius 2 is 2.29 bits per heavy atom. The number of aliphatic hydroxyl groups excluding tert-OH is 1. The average Bonchev–Trinajstić information content (AvgIpc) is 2.98. The van der Waals surface area contributed by atoms with Crippen LogP contribution in [0.2, 0.25) is 0 Å². The lowest BCUT2D eigenvalue weighted by Crippen LogP contribution is -2.19. The maximum Gasteiger partial charge on any atom is 0.123 e. The van der Waals surface area contributed by atoms with Crippen LogP contribution in [0, 0.1) is 5.41 Å². The van der Waals surface area contributed by atoms with Gasteiger partial charge in [-0.05, 0) is 25.0 Å². The van der Waals surface area contributed by atoms with Gasteiger partial charge in [0.1, 0.15) is 5.82 Å². The Bertz CT molecular complexity index is 306. The Labute approximate surface area is 83.2 Å². The van der Waals surface area contributed by atoms with E-state index in [2.05, 4.69) is 10.3 Å². The molecule has 0 unspecified atom stereocenters. The van der Waals surface area contributed by atoms with Crippen molar-refractivity contribution in [3.8, 4) is 0 Å². The van der Waals surface area contributed by atoms with E-state index in [0.29, 0.717) is 5.82 Å². The molecule has 1 saturated carbocycles. The minimum absolute atomic E-state index is 0.126. The summed E-state index contributed by atoms with van der Waals surface area (Å²) in [4.78, 5) is 3.98. The molecule has 1 aliphatic rings. The first-order chi connectivity index (χ1) is 6.74. The summed E-state index contributed by atoms with van der Waals surface area (Å²) in [6, 6.07) is 3.66. The zero-order chi connectivity index (χ0) is 10.0. The van der Waals surface area contributed by atoms with Gasteiger partial charge in [-0.15, -0.1) is 0 Å². The predicted octanol–water partition coefficient (Wildman–Crippen LogP) is 0.848. The molecule has 2 rings (SSSR count). The van der Waals surface area contributed by atoms with E-state index < -0.39 is 0 Å². The molecule has 1 heterocycles. The summed E-state index contributed by atoms with van der Waals surface area (Å²) in [5.41, 5.74) is 6.55. The van der Waals surface area contributed by atoms with Gasteiger partial charge in [-0.3, -0.25) is 0 Å². The molecule has 0 spiro atoms. The quantitative estimate of drug-likeness (QED) is 0.663. The Morgan fingerprint density at radius 3 is 2.79 bits per heavy atom. The molecule has 0 atom stereocenters. The Hall–Kier alpha value is -1.29. The van der Waals surface area contributed by atoms with Gasteiger partial charge < -0.3 is 16.2 Å². The van der Waals surface area contributed by atoms with Crippen LogP contribution in [0.5, 0.6) is 0 Å². The van der Waals surface area contributed by atoms with Gasteiger partial charge in [-0.2, -0.15) is 0 Å². The van der Waals surface area contributed by atoms with Gasteiger partial charge >= 0.3 is 0 Å². The largest absolute Gasteiger partial charge is 0.396 e. The summed E-state index contributed by atoms with van der Waals surface area (Å²) < 4.78 is 0. The van der Waals surface area contributed by atoms with Gasteiger partial charge in [0.2, 0.25) is 0 Å². The lowest BCUT2D eigenvalue weighted by Gasteiger charge is -2.13. The van der Waals surface area contributed by atoms with Crippen LogP contribution in [-0.2, 0) is 0 Å². The first-order valence-corrected chi connectivity index (χ1v) is 4.80. The van der Waals surface area contributed by atoms with Crippen molar-refractivity contribution in [1.29, 1.82) is 0 Å². The number of nitrogens with two attached hydrogens (primary N) is 1. The first-order valence-electron chi connectivity index (χ1n) is 4.80. The van der Waals surface area contributed by atoms with Crippen molar-refractivity contribution < 1.29 is 5.11 Å². The molecular formula is C10H15N3O. The average molecular weight is 193 g/mol. The van der Waals surface area contributed by atoms with Gasteiger partial charge in [0, 0.05) is 12.0 Å². The van der Waals surface area contributed by atoms with E-state index in [1.807, 2.05) is 6.07 Å². The Balaban J connectivity index is 1.89. The van der Waals surface area contributed by atoms with E-state index in [9.17, 15) is 0 Å². The number of rotatable bonds is 4. The second-order valence-electron chi connectivity index (χ2n) is 3.98. The van der Waals surface area contributed by atoms with Crippen LogP contribution in [0.25, 0.3) is 0 Å². The summed E-state index contributed by atoms with van der Waals surface area (Å²) in [5.74, 6) is 0.527. The number of hydrogen-bond donors (Lipinski definition) is 3. The van der Waals surface area contributed by atoms with Crippen LogP contribution >= 0.6 is 0 Å². The zero-order valence-corrected chi connectivity index (χ0v) is 8.03. The van der Waals surface area contributed by atoms with Crippen molar-refractivity contribution in [2.24, 2.45) is 5.41 Å². The second-order valence-corrected chi connectivity index (χ2v) is 3.98. The summed E-state index contributed by atoms with van der Waals surface area (Å²) in [5, 5.41) is 12.4. The van der Waals surface area contributed by atoms with Crippen LogP contribution in [0.1, 0.15) is 12.8 Å². The minimum Gasteiger partial charge on any atom is -0.396 e. The highest BCUT2D eigenvalue weighted by Crippen LogP contribution is 2.44. The second kappa shape index (κ2) is 3.46. The molecule has 1 aliphatic carbocycles. The Morgan fingerprint density at radius 1 is 1.50 bits per heavy atom. The van der Waals surface area contributed by atoms with Crippen molar-refractivity contribution in [1.82, 2.24) is 4.98 Å². The monoisotopic (exact) mass is 193 g/mol. The lowest BCUT2D eigenvalue weighted by atomic mass is 10.1. The molecule has 0 saturated heterocycles. The van der Waals surface area contributed by atoms with E-state index in [0.717, 1.165) is 25.1 Å². The number of nitrogens with one attached hydrogen (secondary N) is 1. The van der Waals surface area contributed by atoms with E-state index in [-0.39, 0.29) is 12.0 Å². The number of aliphatic hydroxyl groups is 1. The molecule has 1 aromatic rings. The smallest absolute Gasteiger partial charge is 0.123 e. The van der Waals surface area contributed by atoms with E-state index in [1.54, 1.807) is 12.3 Å². The molecule has 4 nitrogen and oxygen atoms in total. The number of hydrogen-bond acceptors (Lipinski definition) is 4. The van der Waals surface area contributed by atoms with Gasteiger partial charge in [-0.1, -0.05) is 0 Å². The topological polar surface area (TPSA) is 71.2 Å². The van der Waals surface area contributed by atoms with Gasteiger partial charge in [-0.25, -0.2) is 4.98 Å². The fourth-order valence-corrected chi connectivity index (χ4v) is 1.37. The molecule has 0 aromatic carbocycles. The lowest BCUT2D eigenvalue weighted by molar-refractivity contribution is 0.220. The number of anilines is 2. The molecule has 1 aromatic heterocycles. The van der Waals surface area contributed by atoms with E-state index in [4.69, 9.17) is 10.8 Å². The van der Waals surface area contributed by atoms with Crippen LogP contribution in [0.15, 0.2) is 18.3 Å². The predicted molar refractivity (Wildman–Crippen MR) is 55.9 cm³/mol. The van der Waals surface area contributed by atoms with Crippen molar-refractivity contribution >= 4 is 11.5 Å². The number of nitrogen functional groups attached to an aromatic ring is 1. The molecule has 4 heteroatoms. The van der Waals surface area contributed by atoms with Crippen LogP contribution in [-0.4, -0.2) is 23.2 Å². The molecule has 0 amide bonds. The Kier molecular flexibility index (Phi) is 2.29. The maximum atomic E-state index is 9.10. The fourth-order valence-electron chi connectivity index (χ4n) is 1.37. The number of nitrogens with zero attached hydrogens (tertiary/aromatic N) is 1. The fraction of sp³-hybridized carbons (Fsp3) is 0.500. The van der Waals surface area contributed by atoms with Crippen LogP contribution < -0.4 is 11.1 Å². The van der Waals surface area contributed by atoms with Gasteiger partial charge in [0.25, 0.3) is 0 Å². The van der Waals surface area contributed by atoms with Crippen LogP contribution in [0.4, 0.5) is 11.5 Å².